The summed E-state index contributed by atoms with van der Waals surface area (Å²) in [5.41, 5.74) is -2.61. The lowest BCUT2D eigenvalue weighted by molar-refractivity contribution is -0.139. The third-order valence-corrected chi connectivity index (χ3v) is 7.60. The smallest absolute Gasteiger partial charge is 0.333 e. The van der Waals surface area contributed by atoms with Crippen LogP contribution in [0.1, 0.15) is 36.3 Å². The summed E-state index contributed by atoms with van der Waals surface area (Å²) >= 11 is 6.87. The molecule has 0 aromatic heterocycles. The second-order valence-corrected chi connectivity index (χ2v) is 10.1. The summed E-state index contributed by atoms with van der Waals surface area (Å²) in [6.07, 6.45) is 0.0147. The Kier molecular flexibility index (Phi) is 7.82. The number of carbonyl (C=O) groups is 1. The number of nitrogens with zero attached hydrogens (tertiary/aromatic N) is 4. The zero-order chi connectivity index (χ0) is 25.8. The van der Waals surface area contributed by atoms with Crippen molar-refractivity contribution in [2.45, 2.75) is 25.2 Å². The van der Waals surface area contributed by atoms with Gasteiger partial charge in [-0.15, -0.1) is 0 Å². The van der Waals surface area contributed by atoms with Crippen molar-refractivity contribution in [3.8, 4) is 24.3 Å². The Morgan fingerprint density at radius 1 is 0.971 bits per heavy atom. The van der Waals surface area contributed by atoms with Gasteiger partial charge in [-0.2, -0.15) is 21.0 Å². The Morgan fingerprint density at radius 2 is 1.49 bits per heavy atom. The summed E-state index contributed by atoms with van der Waals surface area (Å²) in [4.78, 5) is 12.8. The maximum atomic E-state index is 12.8. The topological polar surface area (TPSA) is 121 Å². The van der Waals surface area contributed by atoms with Crippen LogP contribution in [0.25, 0.3) is 0 Å². The van der Waals surface area contributed by atoms with Crippen LogP contribution in [-0.4, -0.2) is 12.6 Å². The maximum Gasteiger partial charge on any atom is 0.333 e. The van der Waals surface area contributed by atoms with Crippen molar-refractivity contribution in [2.24, 2.45) is 16.7 Å². The summed E-state index contributed by atoms with van der Waals surface area (Å²) in [6, 6.07) is 22.7. The van der Waals surface area contributed by atoms with Gasteiger partial charge >= 0.3 is 5.97 Å². The molecule has 0 unspecified atom stereocenters. The summed E-state index contributed by atoms with van der Waals surface area (Å²) in [5, 5.41) is 42.1. The molecule has 0 amide bonds. The number of benzene rings is 2. The van der Waals surface area contributed by atoms with Crippen molar-refractivity contribution in [1.29, 1.82) is 21.0 Å². The van der Waals surface area contributed by atoms with Gasteiger partial charge < -0.3 is 4.74 Å². The average Bonchev–Trinajstić information content (AvgIpc) is 2.86. The van der Waals surface area contributed by atoms with Crippen LogP contribution in [0, 0.1) is 62.1 Å². The van der Waals surface area contributed by atoms with E-state index in [4.69, 9.17) is 4.74 Å². The van der Waals surface area contributed by atoms with Crippen molar-refractivity contribution in [1.82, 2.24) is 0 Å². The fraction of sp³-hybridized carbons (Fsp3) is 0.296. The first-order valence-electron chi connectivity index (χ1n) is 10.8. The van der Waals surface area contributed by atoms with E-state index >= 15 is 0 Å². The van der Waals surface area contributed by atoms with Crippen molar-refractivity contribution < 1.29 is 9.53 Å². The molecule has 6 nitrogen and oxygen atoms in total. The molecule has 1 fully saturated rings. The Morgan fingerprint density at radius 3 is 1.97 bits per heavy atom. The van der Waals surface area contributed by atoms with E-state index in [1.165, 1.54) is 0 Å². The molecule has 3 atom stereocenters. The molecule has 8 heteroatoms. The van der Waals surface area contributed by atoms with Gasteiger partial charge in [0.2, 0.25) is 0 Å². The number of nitriles is 4. The minimum atomic E-state index is -1.93. The van der Waals surface area contributed by atoms with Crippen molar-refractivity contribution in [3.05, 3.63) is 80.8 Å². The molecule has 3 rings (SSSR count). The molecule has 0 heterocycles. The van der Waals surface area contributed by atoms with Crippen LogP contribution in [0.4, 0.5) is 0 Å². The van der Waals surface area contributed by atoms with E-state index in [9.17, 15) is 25.8 Å². The lowest BCUT2D eigenvalue weighted by Gasteiger charge is -2.51. The van der Waals surface area contributed by atoms with Crippen LogP contribution in [0.2, 0.25) is 0 Å². The zero-order valence-corrected chi connectivity index (χ0v) is 22.0. The predicted octanol–water partition coefficient (Wildman–Crippen LogP) is 6.29. The fourth-order valence-corrected chi connectivity index (χ4v) is 5.94. The van der Waals surface area contributed by atoms with Gasteiger partial charge in [0.25, 0.3) is 0 Å². The number of hydrogen-bond acceptors (Lipinski definition) is 6. The van der Waals surface area contributed by atoms with Gasteiger partial charge in [-0.25, -0.2) is 4.79 Å². The number of rotatable bonds is 5. The molecule has 2 aromatic rings. The molecule has 1 saturated carbocycles. The van der Waals surface area contributed by atoms with Gasteiger partial charge in [-0.1, -0.05) is 62.7 Å². The quantitative estimate of drug-likeness (QED) is 0.298. The van der Waals surface area contributed by atoms with Gasteiger partial charge in [0.1, 0.15) is 0 Å². The molecule has 0 bridgehead atoms. The van der Waals surface area contributed by atoms with Crippen LogP contribution in [-0.2, 0) is 9.53 Å². The third kappa shape index (κ3) is 4.37. The molecular formula is C27H20Br2N4O2. The standard InChI is InChI=1S/C27H20Br2N4O2/c1-3-35-25(34)17(2)22-12-23(18-6-4-8-20(28)10-18)27(15-32,16-33)24(26(22,13-30)14-31)19-7-5-9-21(29)11-19/h4-11,22-24H,2-3,12H2,1H3/t22-,23+,24+/m1/s1. The summed E-state index contributed by atoms with van der Waals surface area (Å²) in [5.74, 6) is -3.61. The van der Waals surface area contributed by atoms with Crippen molar-refractivity contribution >= 4 is 37.8 Å². The SMILES string of the molecule is C=C(C(=O)OCC)[C@H]1C[C@@H](c2cccc(Br)c2)C(C#N)(C#N)[C@@H](c2cccc(Br)c2)C1(C#N)C#N. The Hall–Kier alpha value is -3.43. The first kappa shape index (κ1) is 26.2. The maximum absolute atomic E-state index is 12.8. The number of carbonyl (C=O) groups excluding carboxylic acids is 1. The van der Waals surface area contributed by atoms with Gasteiger partial charge in [0.15, 0.2) is 10.8 Å². The Balaban J connectivity index is 2.42. The number of halogens is 2. The number of hydrogen-bond donors (Lipinski definition) is 0. The van der Waals surface area contributed by atoms with E-state index < -0.39 is 34.6 Å². The van der Waals surface area contributed by atoms with Gasteiger partial charge in [0, 0.05) is 32.3 Å². The minimum absolute atomic E-state index is 0.0147. The fourth-order valence-electron chi connectivity index (χ4n) is 5.11. The largest absolute Gasteiger partial charge is 0.463 e. The second kappa shape index (κ2) is 10.5. The van der Waals surface area contributed by atoms with Crippen LogP contribution in [0.15, 0.2) is 69.6 Å². The van der Waals surface area contributed by atoms with Crippen molar-refractivity contribution in [2.75, 3.05) is 6.61 Å². The van der Waals surface area contributed by atoms with E-state index in [2.05, 4.69) is 62.7 Å². The van der Waals surface area contributed by atoms with Crippen molar-refractivity contribution in [3.63, 3.8) is 0 Å². The van der Waals surface area contributed by atoms with Crippen LogP contribution < -0.4 is 0 Å². The molecule has 1 aliphatic rings. The highest BCUT2D eigenvalue weighted by Gasteiger charge is 2.66. The van der Waals surface area contributed by atoms with E-state index in [1.54, 1.807) is 43.3 Å². The molecule has 0 N–H and O–H groups in total. The molecule has 1 aliphatic carbocycles. The summed E-state index contributed by atoms with van der Waals surface area (Å²) in [7, 11) is 0. The lowest BCUT2D eigenvalue weighted by Crippen LogP contribution is -2.52. The predicted molar refractivity (Wildman–Crippen MR) is 135 cm³/mol. The highest BCUT2D eigenvalue weighted by molar-refractivity contribution is 9.10. The van der Waals surface area contributed by atoms with Gasteiger partial charge in [-0.3, -0.25) is 0 Å². The molecule has 0 radical (unpaired) electrons. The molecule has 0 saturated heterocycles. The minimum Gasteiger partial charge on any atom is -0.463 e. The molecule has 174 valence electrons. The average molecular weight is 592 g/mol. The Labute approximate surface area is 221 Å². The normalized spacial score (nSPS) is 21.9. The highest BCUT2D eigenvalue weighted by atomic mass is 79.9. The Bertz CT molecular complexity index is 1310. The molecule has 0 aliphatic heterocycles. The summed E-state index contributed by atoms with van der Waals surface area (Å²) in [6.45, 7) is 5.67. The first-order chi connectivity index (χ1) is 16.7. The lowest BCUT2D eigenvalue weighted by atomic mass is 9.45. The van der Waals surface area contributed by atoms with Gasteiger partial charge in [0.05, 0.1) is 30.9 Å². The molecule has 0 spiro atoms. The second-order valence-electron chi connectivity index (χ2n) is 8.31. The highest BCUT2D eigenvalue weighted by Crippen LogP contribution is 2.65. The number of esters is 1. The van der Waals surface area contributed by atoms with Crippen LogP contribution >= 0.6 is 31.9 Å². The first-order valence-corrected chi connectivity index (χ1v) is 12.3. The van der Waals surface area contributed by atoms with Crippen LogP contribution in [0.5, 0.6) is 0 Å². The molecule has 35 heavy (non-hydrogen) atoms. The van der Waals surface area contributed by atoms with Gasteiger partial charge in [-0.05, 0) is 48.7 Å². The molecule has 2 aromatic carbocycles. The van der Waals surface area contributed by atoms with E-state index in [0.717, 1.165) is 4.47 Å². The zero-order valence-electron chi connectivity index (χ0n) is 18.8. The summed E-state index contributed by atoms with van der Waals surface area (Å²) < 4.78 is 6.57. The number of ether oxygens (including phenoxy) is 1. The van der Waals surface area contributed by atoms with E-state index in [-0.39, 0.29) is 18.6 Å². The van der Waals surface area contributed by atoms with Crippen LogP contribution in [0.3, 0.4) is 0 Å². The van der Waals surface area contributed by atoms with E-state index in [0.29, 0.717) is 15.6 Å². The third-order valence-electron chi connectivity index (χ3n) is 6.61. The van der Waals surface area contributed by atoms with E-state index in [1.807, 2.05) is 12.1 Å². The molecular weight excluding hydrogens is 572 g/mol. The monoisotopic (exact) mass is 590 g/mol.